The van der Waals surface area contributed by atoms with Gasteiger partial charge in [0.05, 0.1) is 6.61 Å². The van der Waals surface area contributed by atoms with Gasteiger partial charge in [0.25, 0.3) is 11.9 Å². The number of carbonyl (C=O) groups is 1. The number of nitrogens with zero attached hydrogens (tertiary/aromatic N) is 2. The van der Waals surface area contributed by atoms with E-state index in [-0.39, 0.29) is 24.0 Å². The Morgan fingerprint density at radius 2 is 1.83 bits per heavy atom. The van der Waals surface area contributed by atoms with Crippen molar-refractivity contribution in [3.63, 3.8) is 0 Å². The van der Waals surface area contributed by atoms with E-state index in [2.05, 4.69) is 25.8 Å². The van der Waals surface area contributed by atoms with Crippen LogP contribution in [0.2, 0.25) is 0 Å². The zero-order valence-corrected chi connectivity index (χ0v) is 18.0. The maximum absolute atomic E-state index is 12.6. The van der Waals surface area contributed by atoms with Gasteiger partial charge in [-0.05, 0) is 41.8 Å². The topological polar surface area (TPSA) is 86.4 Å². The van der Waals surface area contributed by atoms with Crippen molar-refractivity contribution in [2.24, 2.45) is 16.1 Å². The third-order valence-electron chi connectivity index (χ3n) is 5.10. The predicted octanol–water partition coefficient (Wildman–Crippen LogP) is 3.51. The van der Waals surface area contributed by atoms with Crippen molar-refractivity contribution in [1.82, 2.24) is 4.90 Å². The second-order valence-corrected chi connectivity index (χ2v) is 9.12. The Hall–Kier alpha value is -3.22. The van der Waals surface area contributed by atoms with E-state index < -0.39 is 5.54 Å². The molecule has 2 aromatic carbocycles. The summed E-state index contributed by atoms with van der Waals surface area (Å²) in [5.41, 5.74) is 7.16. The van der Waals surface area contributed by atoms with Crippen LogP contribution in [-0.2, 0) is 10.3 Å². The Kier molecular flexibility index (Phi) is 4.64. The summed E-state index contributed by atoms with van der Waals surface area (Å²) in [5, 5.41) is 0. The van der Waals surface area contributed by atoms with E-state index in [0.717, 1.165) is 16.9 Å². The summed E-state index contributed by atoms with van der Waals surface area (Å²) in [7, 11) is 3.44. The molecule has 2 aromatic rings. The van der Waals surface area contributed by atoms with Gasteiger partial charge in [0.15, 0.2) is 5.54 Å². The van der Waals surface area contributed by atoms with Crippen LogP contribution in [-0.4, -0.2) is 44.1 Å². The molecule has 0 fully saturated rings. The molecule has 7 nitrogen and oxygen atoms in total. The number of carbonyl (C=O) groups excluding carboxylic acids is 1. The highest BCUT2D eigenvalue weighted by Crippen LogP contribution is 2.51. The van der Waals surface area contributed by atoms with Gasteiger partial charge in [-0.25, -0.2) is 4.99 Å². The minimum absolute atomic E-state index is 0.0250. The smallest absolute Gasteiger partial charge is 0.283 e. The van der Waals surface area contributed by atoms with Gasteiger partial charge in [0.1, 0.15) is 23.9 Å². The van der Waals surface area contributed by atoms with Crippen molar-refractivity contribution in [1.29, 1.82) is 0 Å². The van der Waals surface area contributed by atoms with Crippen LogP contribution in [0.25, 0.3) is 0 Å². The Morgan fingerprint density at radius 1 is 1.17 bits per heavy atom. The van der Waals surface area contributed by atoms with E-state index in [1.165, 1.54) is 4.90 Å². The fourth-order valence-corrected chi connectivity index (χ4v) is 3.61. The summed E-state index contributed by atoms with van der Waals surface area (Å²) in [6.45, 7) is 7.15. The quantitative estimate of drug-likeness (QED) is 0.838. The number of aliphatic imine (C=N–C) groups is 1. The Bertz CT molecular complexity index is 1040. The van der Waals surface area contributed by atoms with Crippen LogP contribution in [0, 0.1) is 5.41 Å². The van der Waals surface area contributed by atoms with E-state index in [1.807, 2.05) is 24.3 Å². The first-order chi connectivity index (χ1) is 14.1. The van der Waals surface area contributed by atoms with Crippen LogP contribution < -0.4 is 15.2 Å². The minimum atomic E-state index is -0.892. The lowest BCUT2D eigenvalue weighted by molar-refractivity contribution is 0.0827. The highest BCUT2D eigenvalue weighted by Gasteiger charge is 2.47. The number of fused-ring (bicyclic) bond motifs is 4. The summed E-state index contributed by atoms with van der Waals surface area (Å²) >= 11 is 0. The van der Waals surface area contributed by atoms with Gasteiger partial charge in [0, 0.05) is 30.8 Å². The van der Waals surface area contributed by atoms with Crippen molar-refractivity contribution in [3.8, 4) is 17.2 Å². The van der Waals surface area contributed by atoms with E-state index in [9.17, 15) is 4.79 Å². The van der Waals surface area contributed by atoms with Gasteiger partial charge in [0.2, 0.25) is 0 Å². The molecule has 0 saturated heterocycles. The number of ether oxygens (including phenoxy) is 3. The van der Waals surface area contributed by atoms with E-state index in [1.54, 1.807) is 26.2 Å². The molecule has 0 aliphatic carbocycles. The molecule has 158 valence electrons. The lowest BCUT2D eigenvalue weighted by atomic mass is 9.80. The van der Waals surface area contributed by atoms with Crippen molar-refractivity contribution in [3.05, 3.63) is 53.1 Å². The first-order valence-corrected chi connectivity index (χ1v) is 9.89. The normalized spacial score (nSPS) is 19.3. The SMILES string of the molecule is CN(C)C(=O)c1ccc2c(c1)[C@]1(COC(N)=N1)c1cc(OCC(C)(C)C)ccc1O2. The Labute approximate surface area is 176 Å². The van der Waals surface area contributed by atoms with E-state index in [4.69, 9.17) is 19.9 Å². The summed E-state index contributed by atoms with van der Waals surface area (Å²) in [4.78, 5) is 18.8. The van der Waals surface area contributed by atoms with Crippen molar-refractivity contribution >= 4 is 11.9 Å². The summed E-state index contributed by atoms with van der Waals surface area (Å²) in [6.07, 6.45) is 0. The summed E-state index contributed by atoms with van der Waals surface area (Å²) in [6, 6.07) is 11.2. The van der Waals surface area contributed by atoms with Crippen LogP contribution in [0.3, 0.4) is 0 Å². The molecule has 2 aliphatic heterocycles. The molecule has 2 aliphatic rings. The maximum Gasteiger partial charge on any atom is 0.283 e. The number of hydrogen-bond acceptors (Lipinski definition) is 6. The molecule has 0 unspecified atom stereocenters. The Morgan fingerprint density at radius 3 is 2.43 bits per heavy atom. The zero-order chi connectivity index (χ0) is 21.7. The zero-order valence-electron chi connectivity index (χ0n) is 18.0. The molecule has 30 heavy (non-hydrogen) atoms. The van der Waals surface area contributed by atoms with Crippen LogP contribution >= 0.6 is 0 Å². The molecular weight excluding hydrogens is 382 g/mol. The average Bonchev–Trinajstić information content (AvgIpc) is 3.08. The molecular formula is C23H27N3O4. The second-order valence-electron chi connectivity index (χ2n) is 9.12. The molecule has 2 heterocycles. The van der Waals surface area contributed by atoms with Gasteiger partial charge >= 0.3 is 0 Å². The molecule has 1 spiro atoms. The van der Waals surface area contributed by atoms with Gasteiger partial charge < -0.3 is 24.8 Å². The minimum Gasteiger partial charge on any atom is -0.493 e. The lowest BCUT2D eigenvalue weighted by Crippen LogP contribution is -2.32. The van der Waals surface area contributed by atoms with Crippen molar-refractivity contribution in [2.75, 3.05) is 27.3 Å². The number of benzene rings is 2. The number of nitrogens with two attached hydrogens (primary N) is 1. The maximum atomic E-state index is 12.6. The van der Waals surface area contributed by atoms with Crippen LogP contribution in [0.4, 0.5) is 0 Å². The molecule has 0 bridgehead atoms. The summed E-state index contributed by atoms with van der Waals surface area (Å²) < 4.78 is 17.8. The Balaban J connectivity index is 1.83. The van der Waals surface area contributed by atoms with Crippen molar-refractivity contribution < 1.29 is 19.0 Å². The highest BCUT2D eigenvalue weighted by molar-refractivity contribution is 5.94. The van der Waals surface area contributed by atoms with E-state index >= 15 is 0 Å². The molecule has 2 N–H and O–H groups in total. The number of amides is 1. The molecule has 4 rings (SSSR count). The fraction of sp³-hybridized carbons (Fsp3) is 0.391. The third kappa shape index (κ3) is 3.44. The molecule has 0 saturated carbocycles. The van der Waals surface area contributed by atoms with Crippen LogP contribution in [0.1, 0.15) is 42.3 Å². The van der Waals surface area contributed by atoms with Crippen LogP contribution in [0.5, 0.6) is 17.2 Å². The first kappa shape index (κ1) is 20.1. The van der Waals surface area contributed by atoms with Gasteiger partial charge in [-0.3, -0.25) is 4.79 Å². The lowest BCUT2D eigenvalue weighted by Gasteiger charge is -2.34. The number of hydrogen-bond donors (Lipinski definition) is 1. The van der Waals surface area contributed by atoms with Gasteiger partial charge in [-0.15, -0.1) is 0 Å². The van der Waals surface area contributed by atoms with Gasteiger partial charge in [-0.2, -0.15) is 0 Å². The standard InChI is InChI=1S/C23H27N3O4/c1-22(2,3)12-28-15-7-9-19-17(11-15)23(13-29-21(24)25-23)16-10-14(20(27)26(4)5)6-8-18(16)30-19/h6-11H,12-13H2,1-5H3,(H2,24,25)/t23-/m1/s1. The number of amidine groups is 1. The van der Waals surface area contributed by atoms with Gasteiger partial charge in [-0.1, -0.05) is 20.8 Å². The molecule has 1 amide bonds. The average molecular weight is 409 g/mol. The predicted molar refractivity (Wildman–Crippen MR) is 114 cm³/mol. The van der Waals surface area contributed by atoms with Crippen LogP contribution in [0.15, 0.2) is 41.4 Å². The molecule has 1 atom stereocenters. The first-order valence-electron chi connectivity index (χ1n) is 9.89. The fourth-order valence-electron chi connectivity index (χ4n) is 3.61. The summed E-state index contributed by atoms with van der Waals surface area (Å²) in [5.74, 6) is 1.91. The van der Waals surface area contributed by atoms with E-state index in [0.29, 0.717) is 23.7 Å². The number of rotatable bonds is 3. The van der Waals surface area contributed by atoms with Crippen molar-refractivity contribution in [2.45, 2.75) is 26.3 Å². The monoisotopic (exact) mass is 409 g/mol. The second kappa shape index (κ2) is 6.93. The molecule has 0 aromatic heterocycles. The molecule has 0 radical (unpaired) electrons. The largest absolute Gasteiger partial charge is 0.493 e. The molecule has 7 heteroatoms. The third-order valence-corrected chi connectivity index (χ3v) is 5.10. The highest BCUT2D eigenvalue weighted by atomic mass is 16.5.